The van der Waals surface area contributed by atoms with Gasteiger partial charge >= 0.3 is 0 Å². The molecule has 1 aliphatic heterocycles. The standard InChI is InChI=1S/C15H21N3O2/c1-2-12(7-8-16)17-15(19)14-6-5-13(20-14)11-18-9-3-4-10-18/h5-6,12H,2-4,7,9-11H2,1H3,(H,17,19). The van der Waals surface area contributed by atoms with Crippen LogP contribution in [0.15, 0.2) is 16.5 Å². The molecule has 2 rings (SSSR count). The molecule has 1 atom stereocenters. The third kappa shape index (κ3) is 3.84. The molecule has 108 valence electrons. The van der Waals surface area contributed by atoms with Crippen molar-refractivity contribution < 1.29 is 9.21 Å². The van der Waals surface area contributed by atoms with Crippen molar-refractivity contribution >= 4 is 5.91 Å². The minimum atomic E-state index is -0.236. The van der Waals surface area contributed by atoms with E-state index in [4.69, 9.17) is 9.68 Å². The molecule has 5 nitrogen and oxygen atoms in total. The van der Waals surface area contributed by atoms with E-state index in [1.54, 1.807) is 6.07 Å². The zero-order valence-corrected chi connectivity index (χ0v) is 11.9. The fourth-order valence-corrected chi connectivity index (χ4v) is 2.41. The molecule has 0 aliphatic carbocycles. The van der Waals surface area contributed by atoms with Crippen LogP contribution in [0.3, 0.4) is 0 Å². The number of hydrogen-bond donors (Lipinski definition) is 1. The van der Waals surface area contributed by atoms with Crippen molar-refractivity contribution in [2.24, 2.45) is 0 Å². The molecular weight excluding hydrogens is 254 g/mol. The quantitative estimate of drug-likeness (QED) is 0.865. The maximum absolute atomic E-state index is 12.0. The second kappa shape index (κ2) is 7.11. The van der Waals surface area contributed by atoms with Gasteiger partial charge in [0.2, 0.25) is 0 Å². The van der Waals surface area contributed by atoms with E-state index >= 15 is 0 Å². The molecule has 0 bridgehead atoms. The van der Waals surface area contributed by atoms with Crippen LogP contribution in [-0.2, 0) is 6.54 Å². The third-order valence-corrected chi connectivity index (χ3v) is 3.63. The van der Waals surface area contributed by atoms with Crippen molar-refractivity contribution in [2.75, 3.05) is 13.1 Å². The Morgan fingerprint density at radius 2 is 2.25 bits per heavy atom. The van der Waals surface area contributed by atoms with Gasteiger partial charge < -0.3 is 9.73 Å². The Hall–Kier alpha value is -1.80. The molecule has 1 aromatic rings. The highest BCUT2D eigenvalue weighted by Crippen LogP contribution is 2.15. The van der Waals surface area contributed by atoms with Crippen LogP contribution in [0.25, 0.3) is 0 Å². The first kappa shape index (κ1) is 14.6. The molecule has 1 unspecified atom stereocenters. The highest BCUT2D eigenvalue weighted by Gasteiger charge is 2.17. The summed E-state index contributed by atoms with van der Waals surface area (Å²) >= 11 is 0. The summed E-state index contributed by atoms with van der Waals surface area (Å²) in [6.45, 7) is 4.91. The number of nitriles is 1. The molecule has 0 saturated carbocycles. The van der Waals surface area contributed by atoms with Gasteiger partial charge in [-0.15, -0.1) is 0 Å². The van der Waals surface area contributed by atoms with Gasteiger partial charge in [-0.3, -0.25) is 9.69 Å². The summed E-state index contributed by atoms with van der Waals surface area (Å²) in [5.74, 6) is 0.917. The van der Waals surface area contributed by atoms with Crippen molar-refractivity contribution in [1.29, 1.82) is 5.26 Å². The van der Waals surface area contributed by atoms with Crippen LogP contribution >= 0.6 is 0 Å². The predicted molar refractivity (Wildman–Crippen MR) is 75.0 cm³/mol. The van der Waals surface area contributed by atoms with Gasteiger partial charge in [0.25, 0.3) is 5.91 Å². The minimum absolute atomic E-state index is 0.111. The Morgan fingerprint density at radius 1 is 1.50 bits per heavy atom. The zero-order chi connectivity index (χ0) is 14.4. The summed E-state index contributed by atoms with van der Waals surface area (Å²) in [5, 5.41) is 11.5. The summed E-state index contributed by atoms with van der Waals surface area (Å²) in [6, 6.07) is 5.53. The second-order valence-electron chi connectivity index (χ2n) is 5.19. The maximum Gasteiger partial charge on any atom is 0.287 e. The fraction of sp³-hybridized carbons (Fsp3) is 0.600. The SMILES string of the molecule is CCC(CC#N)NC(=O)c1ccc(CN2CCCC2)o1. The highest BCUT2D eigenvalue weighted by molar-refractivity contribution is 5.91. The number of carbonyl (C=O) groups is 1. The van der Waals surface area contributed by atoms with E-state index in [-0.39, 0.29) is 11.9 Å². The average Bonchev–Trinajstić information content (AvgIpc) is 3.10. The Bertz CT molecular complexity index is 484. The second-order valence-corrected chi connectivity index (χ2v) is 5.19. The molecule has 5 heteroatoms. The van der Waals surface area contributed by atoms with Crippen LogP contribution < -0.4 is 5.32 Å². The van der Waals surface area contributed by atoms with Gasteiger partial charge in [-0.1, -0.05) is 6.92 Å². The van der Waals surface area contributed by atoms with E-state index in [1.807, 2.05) is 13.0 Å². The Kier molecular flexibility index (Phi) is 5.19. The smallest absolute Gasteiger partial charge is 0.287 e. The first-order valence-corrected chi connectivity index (χ1v) is 7.21. The Balaban J connectivity index is 1.90. The largest absolute Gasteiger partial charge is 0.455 e. The highest BCUT2D eigenvalue weighted by atomic mass is 16.4. The lowest BCUT2D eigenvalue weighted by Gasteiger charge is -2.13. The topological polar surface area (TPSA) is 69.3 Å². The number of carbonyl (C=O) groups excluding carboxylic acids is 1. The van der Waals surface area contributed by atoms with E-state index < -0.39 is 0 Å². The van der Waals surface area contributed by atoms with E-state index in [9.17, 15) is 4.79 Å². The minimum Gasteiger partial charge on any atom is -0.455 e. The van der Waals surface area contributed by atoms with Crippen LogP contribution in [0.1, 0.15) is 48.9 Å². The molecule has 1 saturated heterocycles. The number of nitrogens with zero attached hydrogens (tertiary/aromatic N) is 2. The summed E-state index contributed by atoms with van der Waals surface area (Å²) in [5.41, 5.74) is 0. The predicted octanol–water partition coefficient (Wildman–Crippen LogP) is 2.30. The molecule has 0 spiro atoms. The number of furan rings is 1. The van der Waals surface area contributed by atoms with Crippen molar-refractivity contribution in [2.45, 2.75) is 45.2 Å². The normalized spacial score (nSPS) is 16.8. The summed E-state index contributed by atoms with van der Waals surface area (Å²) in [4.78, 5) is 14.3. The summed E-state index contributed by atoms with van der Waals surface area (Å²) in [6.07, 6.45) is 3.53. The van der Waals surface area contributed by atoms with Gasteiger partial charge in [0.15, 0.2) is 5.76 Å². The first-order valence-electron chi connectivity index (χ1n) is 7.21. The lowest BCUT2D eigenvalue weighted by molar-refractivity contribution is 0.0905. The summed E-state index contributed by atoms with van der Waals surface area (Å²) < 4.78 is 5.59. The monoisotopic (exact) mass is 275 g/mol. The summed E-state index contributed by atoms with van der Waals surface area (Å²) in [7, 11) is 0. The molecular formula is C15H21N3O2. The first-order chi connectivity index (χ1) is 9.72. The van der Waals surface area contributed by atoms with E-state index in [2.05, 4.69) is 16.3 Å². The van der Waals surface area contributed by atoms with E-state index in [0.717, 1.165) is 31.8 Å². The Labute approximate surface area is 119 Å². The van der Waals surface area contributed by atoms with Gasteiger partial charge in [0, 0.05) is 6.04 Å². The van der Waals surface area contributed by atoms with Crippen LogP contribution in [0.2, 0.25) is 0 Å². The van der Waals surface area contributed by atoms with Crippen molar-refractivity contribution in [3.05, 3.63) is 23.7 Å². The third-order valence-electron chi connectivity index (χ3n) is 3.63. The lowest BCUT2D eigenvalue weighted by Crippen LogP contribution is -2.33. The molecule has 1 N–H and O–H groups in total. The molecule has 1 fully saturated rings. The molecule has 1 aliphatic rings. The van der Waals surface area contributed by atoms with Crippen LogP contribution in [-0.4, -0.2) is 29.9 Å². The molecule has 2 heterocycles. The van der Waals surface area contributed by atoms with E-state index in [1.165, 1.54) is 12.8 Å². The number of amides is 1. The average molecular weight is 275 g/mol. The van der Waals surface area contributed by atoms with Crippen LogP contribution in [0.5, 0.6) is 0 Å². The van der Waals surface area contributed by atoms with Crippen molar-refractivity contribution in [1.82, 2.24) is 10.2 Å². The molecule has 1 aromatic heterocycles. The van der Waals surface area contributed by atoms with Crippen molar-refractivity contribution in [3.8, 4) is 6.07 Å². The lowest BCUT2D eigenvalue weighted by atomic mass is 10.1. The molecule has 0 aromatic carbocycles. The van der Waals surface area contributed by atoms with Gasteiger partial charge in [0.1, 0.15) is 5.76 Å². The number of rotatable bonds is 6. The number of nitrogens with one attached hydrogen (secondary N) is 1. The van der Waals surface area contributed by atoms with Gasteiger partial charge in [0.05, 0.1) is 19.0 Å². The van der Waals surface area contributed by atoms with E-state index in [0.29, 0.717) is 12.2 Å². The molecule has 0 radical (unpaired) electrons. The van der Waals surface area contributed by atoms with Gasteiger partial charge in [-0.2, -0.15) is 5.26 Å². The zero-order valence-electron chi connectivity index (χ0n) is 11.9. The number of likely N-dealkylation sites (tertiary alicyclic amines) is 1. The maximum atomic E-state index is 12.0. The number of hydrogen-bond acceptors (Lipinski definition) is 4. The van der Waals surface area contributed by atoms with Crippen LogP contribution in [0, 0.1) is 11.3 Å². The van der Waals surface area contributed by atoms with Crippen LogP contribution in [0.4, 0.5) is 0 Å². The van der Waals surface area contributed by atoms with Gasteiger partial charge in [-0.25, -0.2) is 0 Å². The molecule has 20 heavy (non-hydrogen) atoms. The fourth-order valence-electron chi connectivity index (χ4n) is 2.41. The van der Waals surface area contributed by atoms with Gasteiger partial charge in [-0.05, 0) is 44.5 Å². The molecule has 1 amide bonds. The Morgan fingerprint density at radius 3 is 2.90 bits per heavy atom. The van der Waals surface area contributed by atoms with Crippen molar-refractivity contribution in [3.63, 3.8) is 0 Å².